The molecule has 2 amide bonds. The first kappa shape index (κ1) is 18.7. The second kappa shape index (κ2) is 8.43. The van der Waals surface area contributed by atoms with Crippen molar-refractivity contribution in [2.24, 2.45) is 0 Å². The van der Waals surface area contributed by atoms with E-state index in [0.29, 0.717) is 37.3 Å². The van der Waals surface area contributed by atoms with Crippen LogP contribution in [0.2, 0.25) is 0 Å². The number of carbonyl (C=O) groups is 2. The van der Waals surface area contributed by atoms with Crippen LogP contribution in [-0.2, 0) is 9.53 Å². The van der Waals surface area contributed by atoms with Crippen LogP contribution in [0.4, 0.5) is 14.9 Å². The Balaban J connectivity index is 1.89. The first-order valence-corrected chi connectivity index (χ1v) is 8.63. The van der Waals surface area contributed by atoms with Gasteiger partial charge in [-0.25, -0.2) is 9.18 Å². The smallest absolute Gasteiger partial charge is 0.409 e. The van der Waals surface area contributed by atoms with E-state index in [-0.39, 0.29) is 17.7 Å². The zero-order valence-electron chi connectivity index (χ0n) is 13.7. The van der Waals surface area contributed by atoms with Gasteiger partial charge < -0.3 is 15.0 Å². The van der Waals surface area contributed by atoms with E-state index >= 15 is 0 Å². The molecule has 6 nitrogen and oxygen atoms in total. The van der Waals surface area contributed by atoms with Gasteiger partial charge in [0.25, 0.3) is 0 Å². The molecule has 8 heteroatoms. The highest BCUT2D eigenvalue weighted by atomic mass is 79.9. The molecule has 1 N–H and O–H groups in total. The molecule has 0 aliphatic carbocycles. The monoisotopic (exact) mass is 401 g/mol. The molecule has 1 aliphatic heterocycles. The summed E-state index contributed by atoms with van der Waals surface area (Å²) >= 11 is 3.18. The van der Waals surface area contributed by atoms with Crippen LogP contribution in [0.3, 0.4) is 0 Å². The minimum Gasteiger partial charge on any atom is -0.450 e. The quantitative estimate of drug-likeness (QED) is 0.842. The summed E-state index contributed by atoms with van der Waals surface area (Å²) in [6.07, 6.45) is -0.328. The van der Waals surface area contributed by atoms with E-state index in [4.69, 9.17) is 4.74 Å². The maximum absolute atomic E-state index is 13.8. The summed E-state index contributed by atoms with van der Waals surface area (Å²) in [5.74, 6) is -0.766. The van der Waals surface area contributed by atoms with Gasteiger partial charge in [0.1, 0.15) is 5.82 Å². The van der Waals surface area contributed by atoms with Crippen LogP contribution in [-0.4, -0.2) is 60.6 Å². The van der Waals surface area contributed by atoms with Crippen molar-refractivity contribution < 1.29 is 18.7 Å². The lowest BCUT2D eigenvalue weighted by Crippen LogP contribution is -2.54. The van der Waals surface area contributed by atoms with Crippen molar-refractivity contribution in [1.82, 2.24) is 9.80 Å². The number of nitrogens with zero attached hydrogens (tertiary/aromatic N) is 2. The molecule has 0 saturated carbocycles. The average Bonchev–Trinajstić information content (AvgIpc) is 2.57. The van der Waals surface area contributed by atoms with Crippen LogP contribution in [0.25, 0.3) is 0 Å². The van der Waals surface area contributed by atoms with Crippen LogP contribution < -0.4 is 5.32 Å². The van der Waals surface area contributed by atoms with Crippen molar-refractivity contribution in [1.29, 1.82) is 0 Å². The number of amides is 2. The molecule has 1 aromatic rings. The second-order valence-electron chi connectivity index (χ2n) is 5.51. The number of halogens is 2. The fourth-order valence-electron chi connectivity index (χ4n) is 2.50. The minimum atomic E-state index is -0.489. The van der Waals surface area contributed by atoms with Crippen molar-refractivity contribution >= 4 is 33.6 Å². The molecule has 1 saturated heterocycles. The molecule has 1 fully saturated rings. The standard InChI is InChI=1S/C16H21BrFN3O3/c1-3-24-16(23)21-8-6-20(7-9-21)11(2)15(22)19-14-5-4-12(17)10-13(14)18/h4-5,10-11H,3,6-9H2,1-2H3,(H,19,22)/t11-/m0/s1. The Kier molecular flexibility index (Phi) is 6.56. The lowest BCUT2D eigenvalue weighted by Gasteiger charge is -2.36. The molecule has 1 atom stereocenters. The number of nitrogens with one attached hydrogen (secondary N) is 1. The summed E-state index contributed by atoms with van der Waals surface area (Å²) in [5.41, 5.74) is 0.153. The van der Waals surface area contributed by atoms with E-state index in [2.05, 4.69) is 21.2 Å². The second-order valence-corrected chi connectivity index (χ2v) is 6.43. The Morgan fingerprint density at radius 3 is 2.58 bits per heavy atom. The summed E-state index contributed by atoms with van der Waals surface area (Å²) in [7, 11) is 0. The van der Waals surface area contributed by atoms with Crippen LogP contribution in [0, 0.1) is 5.82 Å². The van der Waals surface area contributed by atoms with E-state index in [1.165, 1.54) is 12.1 Å². The Morgan fingerprint density at radius 2 is 2.00 bits per heavy atom. The first-order chi connectivity index (χ1) is 11.4. The normalized spacial score (nSPS) is 16.6. The van der Waals surface area contributed by atoms with Crippen LogP contribution in [0.1, 0.15) is 13.8 Å². The molecule has 132 valence electrons. The molecule has 0 aromatic heterocycles. The minimum absolute atomic E-state index is 0.153. The Labute approximate surface area is 149 Å². The number of anilines is 1. The van der Waals surface area contributed by atoms with Crippen LogP contribution in [0.5, 0.6) is 0 Å². The summed E-state index contributed by atoms with van der Waals surface area (Å²) in [5, 5.41) is 2.61. The number of rotatable bonds is 4. The third kappa shape index (κ3) is 4.67. The lowest BCUT2D eigenvalue weighted by molar-refractivity contribution is -0.121. The van der Waals surface area contributed by atoms with E-state index in [1.807, 2.05) is 4.90 Å². The number of carbonyl (C=O) groups excluding carboxylic acids is 2. The van der Waals surface area contributed by atoms with Crippen LogP contribution >= 0.6 is 15.9 Å². The van der Waals surface area contributed by atoms with Crippen molar-refractivity contribution in [2.45, 2.75) is 19.9 Å². The molecule has 2 rings (SSSR count). The predicted molar refractivity (Wildman–Crippen MR) is 92.4 cm³/mol. The van der Waals surface area contributed by atoms with Crippen LogP contribution in [0.15, 0.2) is 22.7 Å². The van der Waals surface area contributed by atoms with Gasteiger partial charge in [0.15, 0.2) is 0 Å². The molecular formula is C16H21BrFN3O3. The fourth-order valence-corrected chi connectivity index (χ4v) is 2.83. The summed E-state index contributed by atoms with van der Waals surface area (Å²) < 4.78 is 19.4. The molecule has 0 bridgehead atoms. The van der Waals surface area contributed by atoms with Crippen molar-refractivity contribution in [3.63, 3.8) is 0 Å². The summed E-state index contributed by atoms with van der Waals surface area (Å²) in [4.78, 5) is 27.6. The maximum Gasteiger partial charge on any atom is 0.409 e. The van der Waals surface area contributed by atoms with Gasteiger partial charge in [0, 0.05) is 30.7 Å². The highest BCUT2D eigenvalue weighted by molar-refractivity contribution is 9.10. The summed E-state index contributed by atoms with van der Waals surface area (Å²) in [6, 6.07) is 4.07. The summed E-state index contributed by atoms with van der Waals surface area (Å²) in [6.45, 7) is 6.02. The van der Waals surface area contributed by atoms with Crippen molar-refractivity contribution in [3.05, 3.63) is 28.5 Å². The van der Waals surface area contributed by atoms with Gasteiger partial charge in [-0.15, -0.1) is 0 Å². The molecule has 1 aromatic carbocycles. The lowest BCUT2D eigenvalue weighted by atomic mass is 10.2. The van der Waals surface area contributed by atoms with E-state index in [0.717, 1.165) is 0 Å². The molecule has 24 heavy (non-hydrogen) atoms. The van der Waals surface area contributed by atoms with Gasteiger partial charge in [-0.3, -0.25) is 9.69 Å². The number of hydrogen-bond acceptors (Lipinski definition) is 4. The third-order valence-corrected chi connectivity index (χ3v) is 4.45. The highest BCUT2D eigenvalue weighted by Crippen LogP contribution is 2.20. The van der Waals surface area contributed by atoms with Gasteiger partial charge in [-0.05, 0) is 32.0 Å². The number of benzene rings is 1. The Hall–Kier alpha value is -1.67. The van der Waals surface area contributed by atoms with E-state index < -0.39 is 11.9 Å². The Bertz CT molecular complexity index is 606. The zero-order chi connectivity index (χ0) is 17.7. The van der Waals surface area contributed by atoms with E-state index in [9.17, 15) is 14.0 Å². The van der Waals surface area contributed by atoms with Crippen molar-refractivity contribution in [3.8, 4) is 0 Å². The topological polar surface area (TPSA) is 61.9 Å². The zero-order valence-corrected chi connectivity index (χ0v) is 15.3. The highest BCUT2D eigenvalue weighted by Gasteiger charge is 2.28. The number of ether oxygens (including phenoxy) is 1. The largest absolute Gasteiger partial charge is 0.450 e. The van der Waals surface area contributed by atoms with Gasteiger partial charge in [0.05, 0.1) is 18.3 Å². The molecule has 0 radical (unpaired) electrons. The molecular weight excluding hydrogens is 381 g/mol. The van der Waals surface area contributed by atoms with Crippen molar-refractivity contribution in [2.75, 3.05) is 38.1 Å². The van der Waals surface area contributed by atoms with Gasteiger partial charge >= 0.3 is 6.09 Å². The van der Waals surface area contributed by atoms with Gasteiger partial charge in [0.2, 0.25) is 5.91 Å². The third-order valence-electron chi connectivity index (χ3n) is 3.96. The fraction of sp³-hybridized carbons (Fsp3) is 0.500. The predicted octanol–water partition coefficient (Wildman–Crippen LogP) is 2.69. The molecule has 1 aliphatic rings. The van der Waals surface area contributed by atoms with E-state index in [1.54, 1.807) is 24.8 Å². The SMILES string of the molecule is CCOC(=O)N1CCN([C@@H](C)C(=O)Nc2ccc(Br)cc2F)CC1. The van der Waals surface area contributed by atoms with Gasteiger partial charge in [-0.2, -0.15) is 0 Å². The number of hydrogen-bond donors (Lipinski definition) is 1. The molecule has 0 unspecified atom stereocenters. The average molecular weight is 402 g/mol. The maximum atomic E-state index is 13.8. The Morgan fingerprint density at radius 1 is 1.33 bits per heavy atom. The molecule has 1 heterocycles. The van der Waals surface area contributed by atoms with Gasteiger partial charge in [-0.1, -0.05) is 15.9 Å². The first-order valence-electron chi connectivity index (χ1n) is 7.84. The molecule has 0 spiro atoms. The number of piperazine rings is 1.